The highest BCUT2D eigenvalue weighted by atomic mass is 16.4. The zero-order valence-corrected chi connectivity index (χ0v) is 14.5. The first kappa shape index (κ1) is 19.7. The molecule has 1 aromatic rings. The van der Waals surface area contributed by atoms with Crippen LogP contribution in [0.5, 0.6) is 0 Å². The van der Waals surface area contributed by atoms with Crippen LogP contribution in [0.15, 0.2) is 24.3 Å². The van der Waals surface area contributed by atoms with Crippen LogP contribution in [0.4, 0.5) is 0 Å². The van der Waals surface area contributed by atoms with Gasteiger partial charge in [0.1, 0.15) is 0 Å². The molecule has 6 nitrogen and oxygen atoms in total. The normalized spacial score (nSPS) is 11.6. The van der Waals surface area contributed by atoms with Crippen LogP contribution in [-0.4, -0.2) is 47.4 Å². The van der Waals surface area contributed by atoms with Crippen LogP contribution in [0.25, 0.3) is 0 Å². The van der Waals surface area contributed by atoms with Gasteiger partial charge in [-0.05, 0) is 44.5 Å². The van der Waals surface area contributed by atoms with E-state index in [0.29, 0.717) is 30.6 Å². The van der Waals surface area contributed by atoms with Gasteiger partial charge in [0.25, 0.3) is 11.8 Å². The summed E-state index contributed by atoms with van der Waals surface area (Å²) in [5, 5.41) is 11.7. The minimum atomic E-state index is -0.905. The van der Waals surface area contributed by atoms with Crippen molar-refractivity contribution in [2.75, 3.05) is 19.6 Å². The third kappa shape index (κ3) is 5.37. The molecule has 2 amide bonds. The maximum Gasteiger partial charge on any atom is 0.308 e. The van der Waals surface area contributed by atoms with E-state index in [2.05, 4.69) is 5.32 Å². The van der Waals surface area contributed by atoms with E-state index in [1.807, 2.05) is 20.8 Å². The number of carboxylic acid groups (broad SMARTS) is 1. The van der Waals surface area contributed by atoms with Gasteiger partial charge in [0.05, 0.1) is 5.92 Å². The Balaban J connectivity index is 2.70. The van der Waals surface area contributed by atoms with E-state index in [0.717, 1.165) is 6.42 Å². The zero-order valence-electron chi connectivity index (χ0n) is 14.5. The summed E-state index contributed by atoms with van der Waals surface area (Å²) in [6, 6.07) is 6.41. The van der Waals surface area contributed by atoms with Gasteiger partial charge in [0.2, 0.25) is 0 Å². The molecular formula is C18H26N2O4. The number of rotatable bonds is 9. The molecule has 0 bridgehead atoms. The van der Waals surface area contributed by atoms with Gasteiger partial charge in [-0.1, -0.05) is 13.3 Å². The number of aliphatic carboxylic acids is 1. The van der Waals surface area contributed by atoms with Crippen molar-refractivity contribution in [2.24, 2.45) is 5.92 Å². The fraction of sp³-hybridized carbons (Fsp3) is 0.500. The van der Waals surface area contributed by atoms with Gasteiger partial charge in [0, 0.05) is 30.8 Å². The van der Waals surface area contributed by atoms with E-state index in [-0.39, 0.29) is 18.4 Å². The molecule has 1 unspecified atom stereocenters. The largest absolute Gasteiger partial charge is 0.481 e. The van der Waals surface area contributed by atoms with Crippen molar-refractivity contribution in [3.63, 3.8) is 0 Å². The lowest BCUT2D eigenvalue weighted by molar-refractivity contribution is -0.141. The zero-order chi connectivity index (χ0) is 18.1. The highest BCUT2D eigenvalue weighted by molar-refractivity contribution is 5.97. The van der Waals surface area contributed by atoms with Gasteiger partial charge in [0.15, 0.2) is 0 Å². The van der Waals surface area contributed by atoms with Gasteiger partial charge in [-0.2, -0.15) is 0 Å². The average Bonchev–Trinajstić information content (AvgIpc) is 2.59. The number of carboxylic acids is 1. The molecule has 0 aliphatic carbocycles. The molecule has 0 radical (unpaired) electrons. The Labute approximate surface area is 142 Å². The lowest BCUT2D eigenvalue weighted by atomic mass is 10.0. The summed E-state index contributed by atoms with van der Waals surface area (Å²) >= 11 is 0. The van der Waals surface area contributed by atoms with Gasteiger partial charge in [-0.25, -0.2) is 0 Å². The van der Waals surface area contributed by atoms with Crippen LogP contribution in [0.1, 0.15) is 54.3 Å². The topological polar surface area (TPSA) is 86.7 Å². The van der Waals surface area contributed by atoms with Crippen LogP contribution < -0.4 is 5.32 Å². The molecule has 0 spiro atoms. The molecule has 132 valence electrons. The summed E-state index contributed by atoms with van der Waals surface area (Å²) < 4.78 is 0. The summed E-state index contributed by atoms with van der Waals surface area (Å²) in [5.41, 5.74) is 0.941. The van der Waals surface area contributed by atoms with E-state index in [1.165, 1.54) is 0 Å². The number of nitrogens with zero attached hydrogens (tertiary/aromatic N) is 1. The number of benzene rings is 1. The number of carbonyl (C=O) groups is 3. The first-order chi connectivity index (χ1) is 11.4. The predicted molar refractivity (Wildman–Crippen MR) is 92.1 cm³/mol. The molecular weight excluding hydrogens is 308 g/mol. The van der Waals surface area contributed by atoms with Crippen molar-refractivity contribution in [3.05, 3.63) is 35.4 Å². The van der Waals surface area contributed by atoms with Crippen LogP contribution >= 0.6 is 0 Å². The predicted octanol–water partition coefficient (Wildman–Crippen LogP) is 2.40. The van der Waals surface area contributed by atoms with Gasteiger partial charge >= 0.3 is 5.97 Å². The summed E-state index contributed by atoms with van der Waals surface area (Å²) in [6.45, 7) is 7.10. The second kappa shape index (κ2) is 9.70. The number of hydrogen-bond donors (Lipinski definition) is 2. The van der Waals surface area contributed by atoms with Crippen molar-refractivity contribution in [2.45, 2.75) is 33.6 Å². The molecule has 0 heterocycles. The highest BCUT2D eigenvalue weighted by Crippen LogP contribution is 2.09. The average molecular weight is 334 g/mol. The van der Waals surface area contributed by atoms with Crippen LogP contribution in [0.3, 0.4) is 0 Å². The monoisotopic (exact) mass is 334 g/mol. The van der Waals surface area contributed by atoms with Crippen molar-refractivity contribution in [1.82, 2.24) is 10.2 Å². The van der Waals surface area contributed by atoms with E-state index in [1.54, 1.807) is 29.2 Å². The van der Waals surface area contributed by atoms with E-state index >= 15 is 0 Å². The molecule has 1 aromatic carbocycles. The van der Waals surface area contributed by atoms with Gasteiger partial charge < -0.3 is 15.3 Å². The van der Waals surface area contributed by atoms with Crippen LogP contribution in [0, 0.1) is 5.92 Å². The molecule has 0 aliphatic rings. The first-order valence-corrected chi connectivity index (χ1v) is 8.34. The smallest absolute Gasteiger partial charge is 0.308 e. The Morgan fingerprint density at radius 3 is 2.04 bits per heavy atom. The molecule has 1 atom stereocenters. The standard InChI is InChI=1S/C18H26N2O4/c1-4-7-15(18(23)24)12-19-16(21)13-8-10-14(11-9-13)17(22)20(5-2)6-3/h8-11,15H,4-7,12H2,1-3H3,(H,19,21)(H,23,24). The van der Waals surface area contributed by atoms with Gasteiger partial charge in [-0.3, -0.25) is 14.4 Å². The molecule has 0 aliphatic heterocycles. The third-order valence-electron chi connectivity index (χ3n) is 3.94. The van der Waals surface area contributed by atoms with Crippen molar-refractivity contribution < 1.29 is 19.5 Å². The summed E-state index contributed by atoms with van der Waals surface area (Å²) in [4.78, 5) is 37.1. The number of amides is 2. The highest BCUT2D eigenvalue weighted by Gasteiger charge is 2.18. The molecule has 1 rings (SSSR count). The second-order valence-electron chi connectivity index (χ2n) is 5.59. The maximum absolute atomic E-state index is 12.2. The molecule has 24 heavy (non-hydrogen) atoms. The number of hydrogen-bond acceptors (Lipinski definition) is 3. The quantitative estimate of drug-likeness (QED) is 0.726. The number of carbonyl (C=O) groups excluding carboxylic acids is 2. The lowest BCUT2D eigenvalue weighted by Crippen LogP contribution is -2.33. The second-order valence-corrected chi connectivity index (χ2v) is 5.59. The molecule has 0 aromatic heterocycles. The lowest BCUT2D eigenvalue weighted by Gasteiger charge is -2.18. The maximum atomic E-state index is 12.2. The summed E-state index contributed by atoms with van der Waals surface area (Å²) in [6.07, 6.45) is 1.27. The van der Waals surface area contributed by atoms with Crippen molar-refractivity contribution in [1.29, 1.82) is 0 Å². The Hall–Kier alpha value is -2.37. The summed E-state index contributed by atoms with van der Waals surface area (Å²) in [5.74, 6) is -1.89. The van der Waals surface area contributed by atoms with E-state index < -0.39 is 11.9 Å². The minimum Gasteiger partial charge on any atom is -0.481 e. The van der Waals surface area contributed by atoms with E-state index in [4.69, 9.17) is 5.11 Å². The van der Waals surface area contributed by atoms with Crippen LogP contribution in [0.2, 0.25) is 0 Å². The number of nitrogens with one attached hydrogen (secondary N) is 1. The molecule has 6 heteroatoms. The fourth-order valence-electron chi connectivity index (χ4n) is 2.44. The Morgan fingerprint density at radius 2 is 1.58 bits per heavy atom. The van der Waals surface area contributed by atoms with Crippen molar-refractivity contribution >= 4 is 17.8 Å². The molecule has 0 saturated heterocycles. The molecule has 0 saturated carbocycles. The SMILES string of the molecule is CCCC(CNC(=O)c1ccc(C(=O)N(CC)CC)cc1)C(=O)O. The van der Waals surface area contributed by atoms with E-state index in [9.17, 15) is 14.4 Å². The Bertz CT molecular complexity index is 565. The van der Waals surface area contributed by atoms with Gasteiger partial charge in [-0.15, -0.1) is 0 Å². The Kier molecular flexibility index (Phi) is 7.95. The first-order valence-electron chi connectivity index (χ1n) is 8.34. The summed E-state index contributed by atoms with van der Waals surface area (Å²) in [7, 11) is 0. The Morgan fingerprint density at radius 1 is 1.04 bits per heavy atom. The van der Waals surface area contributed by atoms with Crippen molar-refractivity contribution in [3.8, 4) is 0 Å². The fourth-order valence-corrected chi connectivity index (χ4v) is 2.44. The third-order valence-corrected chi connectivity index (χ3v) is 3.94. The van der Waals surface area contributed by atoms with Crippen LogP contribution in [-0.2, 0) is 4.79 Å². The molecule has 0 fully saturated rings. The molecule has 2 N–H and O–H groups in total. The minimum absolute atomic E-state index is 0.0687.